The molecule has 7 heteroatoms. The molecule has 0 saturated heterocycles. The molecular formula is C18H17F3N2OS. The number of alkyl halides is 3. The summed E-state index contributed by atoms with van der Waals surface area (Å²) in [6.45, 7) is 3.72. The number of nitrogens with one attached hydrogen (secondary N) is 1. The molecule has 3 nitrogen and oxygen atoms in total. The standard InChI is InChI=1S/C18H17F3N2OS/c1-12-6-8-16(9-7-12)25-13(2)17(24)23-22-11-14-4-3-5-15(10-14)18(19,20)21/h3-11,13H,1-2H3,(H,23,24)/b22-11-/t13-/m0/s1. The second-order valence-corrected chi connectivity index (χ2v) is 6.84. The second kappa shape index (κ2) is 8.20. The Balaban J connectivity index is 1.92. The molecule has 0 aliphatic carbocycles. The van der Waals surface area contributed by atoms with E-state index in [9.17, 15) is 18.0 Å². The number of nitrogens with zero attached hydrogens (tertiary/aromatic N) is 1. The Morgan fingerprint density at radius 1 is 1.20 bits per heavy atom. The summed E-state index contributed by atoms with van der Waals surface area (Å²) in [6.07, 6.45) is -3.22. The van der Waals surface area contributed by atoms with Gasteiger partial charge in [-0.3, -0.25) is 4.79 Å². The van der Waals surface area contributed by atoms with Crippen molar-refractivity contribution in [1.29, 1.82) is 0 Å². The van der Waals surface area contributed by atoms with Gasteiger partial charge in [-0.25, -0.2) is 5.43 Å². The summed E-state index contributed by atoms with van der Waals surface area (Å²) < 4.78 is 37.9. The number of hydrogen-bond acceptors (Lipinski definition) is 3. The van der Waals surface area contributed by atoms with Gasteiger partial charge in [0, 0.05) is 4.90 Å². The van der Waals surface area contributed by atoms with Gasteiger partial charge in [0.1, 0.15) is 0 Å². The molecule has 0 aliphatic heterocycles. The lowest BCUT2D eigenvalue weighted by molar-refractivity contribution is -0.137. The van der Waals surface area contributed by atoms with Crippen molar-refractivity contribution in [2.24, 2.45) is 5.10 Å². The number of rotatable bonds is 5. The van der Waals surface area contributed by atoms with Crippen LogP contribution in [0, 0.1) is 6.92 Å². The van der Waals surface area contributed by atoms with E-state index in [4.69, 9.17) is 0 Å². The van der Waals surface area contributed by atoms with Crippen molar-refractivity contribution in [3.8, 4) is 0 Å². The molecule has 2 rings (SSSR count). The van der Waals surface area contributed by atoms with Gasteiger partial charge < -0.3 is 0 Å². The molecule has 0 unspecified atom stereocenters. The van der Waals surface area contributed by atoms with Gasteiger partial charge in [0.05, 0.1) is 17.0 Å². The molecule has 0 spiro atoms. The molecule has 0 fully saturated rings. The predicted octanol–water partition coefficient (Wildman–Crippen LogP) is 4.64. The predicted molar refractivity (Wildman–Crippen MR) is 93.7 cm³/mol. The van der Waals surface area contributed by atoms with Crippen molar-refractivity contribution in [1.82, 2.24) is 5.43 Å². The molecular weight excluding hydrogens is 349 g/mol. The number of hydrogen-bond donors (Lipinski definition) is 1. The lowest BCUT2D eigenvalue weighted by Gasteiger charge is -2.09. The van der Waals surface area contributed by atoms with Crippen molar-refractivity contribution in [3.63, 3.8) is 0 Å². The molecule has 1 amide bonds. The van der Waals surface area contributed by atoms with E-state index in [2.05, 4.69) is 10.5 Å². The summed E-state index contributed by atoms with van der Waals surface area (Å²) in [4.78, 5) is 13.0. The maximum Gasteiger partial charge on any atom is 0.416 e. The Morgan fingerprint density at radius 2 is 1.88 bits per heavy atom. The number of benzene rings is 2. The first-order chi connectivity index (χ1) is 11.8. The highest BCUT2D eigenvalue weighted by atomic mass is 32.2. The van der Waals surface area contributed by atoms with Gasteiger partial charge in [0.25, 0.3) is 5.91 Å². The largest absolute Gasteiger partial charge is 0.416 e. The number of carbonyl (C=O) groups is 1. The quantitative estimate of drug-likeness (QED) is 0.476. The first-order valence-electron chi connectivity index (χ1n) is 7.49. The fourth-order valence-electron chi connectivity index (χ4n) is 1.93. The van der Waals surface area contributed by atoms with Crippen LogP contribution in [0.15, 0.2) is 58.5 Å². The summed E-state index contributed by atoms with van der Waals surface area (Å²) in [5.74, 6) is -0.325. The first kappa shape index (κ1) is 19.1. The smallest absolute Gasteiger partial charge is 0.272 e. The van der Waals surface area contributed by atoms with Crippen LogP contribution in [-0.4, -0.2) is 17.4 Å². The maximum atomic E-state index is 12.6. The maximum absolute atomic E-state index is 12.6. The highest BCUT2D eigenvalue weighted by molar-refractivity contribution is 8.00. The average molecular weight is 366 g/mol. The Kier molecular flexibility index (Phi) is 6.25. The number of halogens is 3. The van der Waals surface area contributed by atoms with Gasteiger partial charge in [-0.2, -0.15) is 18.3 Å². The summed E-state index contributed by atoms with van der Waals surface area (Å²) in [5.41, 5.74) is 2.98. The topological polar surface area (TPSA) is 41.5 Å². The lowest BCUT2D eigenvalue weighted by Crippen LogP contribution is -2.26. The van der Waals surface area contributed by atoms with E-state index < -0.39 is 11.7 Å². The third-order valence-corrected chi connectivity index (χ3v) is 4.42. The second-order valence-electron chi connectivity index (χ2n) is 5.43. The highest BCUT2D eigenvalue weighted by Crippen LogP contribution is 2.29. The van der Waals surface area contributed by atoms with Crippen LogP contribution < -0.4 is 5.43 Å². The molecule has 2 aromatic carbocycles. The van der Waals surface area contributed by atoms with Gasteiger partial charge >= 0.3 is 6.18 Å². The Bertz CT molecular complexity index is 758. The minimum Gasteiger partial charge on any atom is -0.272 e. The highest BCUT2D eigenvalue weighted by Gasteiger charge is 2.30. The Morgan fingerprint density at radius 3 is 2.52 bits per heavy atom. The van der Waals surface area contributed by atoms with Crippen molar-refractivity contribution >= 4 is 23.9 Å². The van der Waals surface area contributed by atoms with Crippen LogP contribution in [0.1, 0.15) is 23.6 Å². The third kappa shape index (κ3) is 5.94. The molecule has 0 aromatic heterocycles. The molecule has 0 saturated carbocycles. The zero-order chi connectivity index (χ0) is 18.4. The minimum absolute atomic E-state index is 0.258. The van der Waals surface area contributed by atoms with E-state index in [0.29, 0.717) is 0 Å². The van der Waals surface area contributed by atoms with Gasteiger partial charge in [-0.05, 0) is 43.7 Å². The monoisotopic (exact) mass is 366 g/mol. The summed E-state index contributed by atoms with van der Waals surface area (Å²) >= 11 is 1.38. The van der Waals surface area contributed by atoms with Gasteiger partial charge in [0.15, 0.2) is 0 Å². The molecule has 132 valence electrons. The SMILES string of the molecule is Cc1ccc(S[C@@H](C)C(=O)N/N=C\c2cccc(C(F)(F)F)c2)cc1. The van der Waals surface area contributed by atoms with Crippen LogP contribution in [-0.2, 0) is 11.0 Å². The number of hydrazone groups is 1. The molecule has 0 radical (unpaired) electrons. The van der Waals surface area contributed by atoms with Crippen molar-refractivity contribution in [2.75, 3.05) is 0 Å². The number of thioether (sulfide) groups is 1. The van der Waals surface area contributed by atoms with Gasteiger partial charge in [0.2, 0.25) is 0 Å². The number of aryl methyl sites for hydroxylation is 1. The van der Waals surface area contributed by atoms with E-state index in [1.165, 1.54) is 30.1 Å². The average Bonchev–Trinajstić information content (AvgIpc) is 2.56. The van der Waals surface area contributed by atoms with Crippen LogP contribution in [0.3, 0.4) is 0 Å². The van der Waals surface area contributed by atoms with Crippen LogP contribution in [0.4, 0.5) is 13.2 Å². The van der Waals surface area contributed by atoms with Crippen molar-refractivity contribution in [3.05, 3.63) is 65.2 Å². The van der Waals surface area contributed by atoms with Gasteiger partial charge in [-0.15, -0.1) is 11.8 Å². The van der Waals surface area contributed by atoms with E-state index >= 15 is 0 Å². The molecule has 25 heavy (non-hydrogen) atoms. The van der Waals surface area contributed by atoms with Crippen LogP contribution in [0.25, 0.3) is 0 Å². The zero-order valence-electron chi connectivity index (χ0n) is 13.7. The summed E-state index contributed by atoms with van der Waals surface area (Å²) in [7, 11) is 0. The lowest BCUT2D eigenvalue weighted by atomic mass is 10.1. The van der Waals surface area contributed by atoms with Crippen LogP contribution in [0.5, 0.6) is 0 Å². The Labute approximate surface area is 148 Å². The fraction of sp³-hybridized carbons (Fsp3) is 0.222. The van der Waals surface area contributed by atoms with Crippen molar-refractivity contribution in [2.45, 2.75) is 30.2 Å². The summed E-state index contributed by atoms with van der Waals surface area (Å²) in [6, 6.07) is 12.5. The van der Waals surface area contributed by atoms with Crippen molar-refractivity contribution < 1.29 is 18.0 Å². The molecule has 2 aromatic rings. The van der Waals surface area contributed by atoms with Crippen LogP contribution in [0.2, 0.25) is 0 Å². The van der Waals surface area contributed by atoms with E-state index in [1.54, 1.807) is 6.92 Å². The molecule has 0 heterocycles. The minimum atomic E-state index is -4.41. The molecule has 0 aliphatic rings. The first-order valence-corrected chi connectivity index (χ1v) is 8.37. The third-order valence-electron chi connectivity index (χ3n) is 3.31. The van der Waals surface area contributed by atoms with Crippen LogP contribution >= 0.6 is 11.8 Å². The zero-order valence-corrected chi connectivity index (χ0v) is 14.5. The summed E-state index contributed by atoms with van der Waals surface area (Å²) in [5, 5.41) is 3.35. The number of carbonyl (C=O) groups excluding carboxylic acids is 1. The van der Waals surface area contributed by atoms with E-state index in [0.717, 1.165) is 22.6 Å². The number of amides is 1. The van der Waals surface area contributed by atoms with E-state index in [1.807, 2.05) is 31.2 Å². The van der Waals surface area contributed by atoms with E-state index in [-0.39, 0.29) is 16.7 Å². The molecule has 1 atom stereocenters. The fourth-order valence-corrected chi connectivity index (χ4v) is 2.79. The Hall–Kier alpha value is -2.28. The molecule has 0 bridgehead atoms. The normalized spacial score (nSPS) is 13.0. The van der Waals surface area contributed by atoms with Gasteiger partial charge in [-0.1, -0.05) is 29.8 Å². The molecule has 1 N–H and O–H groups in total.